The maximum atomic E-state index is 9.55. The fourth-order valence-electron chi connectivity index (χ4n) is 5.98. The van der Waals surface area contributed by atoms with E-state index in [1.807, 2.05) is 18.6 Å². The van der Waals surface area contributed by atoms with E-state index >= 15 is 0 Å². The standard InChI is InChI=1S/C22H24N4.C4H4O4/c1-2-19(20-4-5-24-21(20)3-1)15-8-18(10-23-9-15)25-22-16-6-14-7-17(22)13-26(11-14)12-16;5-3(6)1-2-4(7)8/h1-5,8-10,14,16-17,22,24-25H,6-7,11-13H2;1-2H,(H,5,6)(H,7,8)/b;2-1+. The van der Waals surface area contributed by atoms with Gasteiger partial charge >= 0.3 is 11.9 Å². The molecule has 1 aliphatic carbocycles. The van der Waals surface area contributed by atoms with Crippen LogP contribution in [0, 0.1) is 17.8 Å². The molecule has 7 rings (SSSR count). The molecule has 34 heavy (non-hydrogen) atoms. The third kappa shape index (κ3) is 4.68. The summed E-state index contributed by atoms with van der Waals surface area (Å²) in [6.07, 6.45) is 9.90. The SMILES string of the molecule is O=C(O)/C=C/C(=O)O.c1cc(-c2cncc(NC3C4CC5CC3CN(C5)C4)c2)c2cc[nH]c2c1. The van der Waals surface area contributed by atoms with Crippen LogP contribution < -0.4 is 5.32 Å². The lowest BCUT2D eigenvalue weighted by Gasteiger charge is -2.56. The second kappa shape index (κ2) is 9.30. The van der Waals surface area contributed by atoms with Crippen LogP contribution in [-0.2, 0) is 9.59 Å². The van der Waals surface area contributed by atoms with E-state index in [2.05, 4.69) is 50.5 Å². The summed E-state index contributed by atoms with van der Waals surface area (Å²) in [5, 5.41) is 20.8. The topological polar surface area (TPSA) is 119 Å². The van der Waals surface area contributed by atoms with Gasteiger partial charge in [-0.15, -0.1) is 0 Å². The first-order valence-corrected chi connectivity index (χ1v) is 11.6. The summed E-state index contributed by atoms with van der Waals surface area (Å²) in [6.45, 7) is 3.90. The molecule has 3 aliphatic heterocycles. The Labute approximate surface area is 197 Å². The minimum absolute atomic E-state index is 0.558. The van der Waals surface area contributed by atoms with Crippen molar-refractivity contribution in [3.05, 3.63) is 61.1 Å². The number of nitrogens with zero attached hydrogens (tertiary/aromatic N) is 2. The molecule has 0 spiro atoms. The average molecular weight is 461 g/mol. The summed E-state index contributed by atoms with van der Waals surface area (Å²) in [7, 11) is 0. The van der Waals surface area contributed by atoms with E-state index in [0.717, 1.165) is 17.8 Å². The Morgan fingerprint density at radius 1 is 1.03 bits per heavy atom. The summed E-state index contributed by atoms with van der Waals surface area (Å²) in [6, 6.07) is 11.5. The minimum atomic E-state index is -1.26. The Hall–Kier alpha value is -3.65. The Balaban J connectivity index is 0.000000262. The highest BCUT2D eigenvalue weighted by Crippen LogP contribution is 2.44. The number of aliphatic carboxylic acids is 2. The van der Waals surface area contributed by atoms with Crippen molar-refractivity contribution in [2.24, 2.45) is 17.8 Å². The summed E-state index contributed by atoms with van der Waals surface area (Å²) >= 11 is 0. The molecule has 4 aliphatic rings. The second-order valence-electron chi connectivity index (χ2n) is 9.46. The maximum absolute atomic E-state index is 9.55. The van der Waals surface area contributed by atoms with Crippen LogP contribution in [0.4, 0.5) is 5.69 Å². The second-order valence-corrected chi connectivity index (χ2v) is 9.46. The fraction of sp³-hybridized carbons (Fsp3) is 0.346. The third-order valence-corrected chi connectivity index (χ3v) is 7.14. The van der Waals surface area contributed by atoms with Crippen LogP contribution in [0.5, 0.6) is 0 Å². The van der Waals surface area contributed by atoms with Gasteiger partial charge in [0.1, 0.15) is 0 Å². The van der Waals surface area contributed by atoms with Crippen LogP contribution in [-0.4, -0.2) is 62.7 Å². The molecule has 4 N–H and O–H groups in total. The molecule has 4 bridgehead atoms. The quantitative estimate of drug-likeness (QED) is 0.429. The zero-order chi connectivity index (χ0) is 23.7. The first-order valence-electron chi connectivity index (χ1n) is 11.6. The van der Waals surface area contributed by atoms with Crippen molar-refractivity contribution in [3.8, 4) is 11.1 Å². The number of piperidine rings is 3. The number of rotatable bonds is 5. The van der Waals surface area contributed by atoms with Crippen molar-refractivity contribution < 1.29 is 19.8 Å². The molecule has 0 amide bonds. The molecule has 4 fully saturated rings. The lowest BCUT2D eigenvalue weighted by atomic mass is 9.65. The average Bonchev–Trinajstić information content (AvgIpc) is 3.29. The molecule has 1 aromatic carbocycles. The minimum Gasteiger partial charge on any atom is -0.478 e. The van der Waals surface area contributed by atoms with Gasteiger partial charge in [-0.1, -0.05) is 12.1 Å². The van der Waals surface area contributed by atoms with Crippen LogP contribution >= 0.6 is 0 Å². The van der Waals surface area contributed by atoms with Crippen LogP contribution in [0.2, 0.25) is 0 Å². The van der Waals surface area contributed by atoms with Crippen LogP contribution in [0.15, 0.2) is 61.1 Å². The predicted octanol–water partition coefficient (Wildman–Crippen LogP) is 3.69. The molecular formula is C26H28N4O4. The first kappa shape index (κ1) is 22.2. The van der Waals surface area contributed by atoms with E-state index < -0.39 is 11.9 Å². The molecule has 2 aromatic heterocycles. The smallest absolute Gasteiger partial charge is 0.328 e. The van der Waals surface area contributed by atoms with E-state index in [9.17, 15) is 9.59 Å². The van der Waals surface area contributed by atoms with Gasteiger partial charge in [-0.3, -0.25) is 4.98 Å². The van der Waals surface area contributed by atoms with Gasteiger partial charge in [0.2, 0.25) is 0 Å². The van der Waals surface area contributed by atoms with Gasteiger partial charge in [0.25, 0.3) is 0 Å². The van der Waals surface area contributed by atoms with Gasteiger partial charge in [0, 0.05) is 72.9 Å². The van der Waals surface area contributed by atoms with E-state index in [0.29, 0.717) is 18.2 Å². The monoisotopic (exact) mass is 460 g/mol. The lowest BCUT2D eigenvalue weighted by molar-refractivity contribution is -0.134. The van der Waals surface area contributed by atoms with E-state index in [-0.39, 0.29) is 0 Å². The zero-order valence-corrected chi connectivity index (χ0v) is 18.7. The van der Waals surface area contributed by atoms with Crippen molar-refractivity contribution in [3.63, 3.8) is 0 Å². The Morgan fingerprint density at radius 3 is 2.44 bits per heavy atom. The normalized spacial score (nSPS) is 26.9. The Morgan fingerprint density at radius 2 is 1.76 bits per heavy atom. The summed E-state index contributed by atoms with van der Waals surface area (Å²) in [4.78, 5) is 29.7. The molecule has 5 heterocycles. The van der Waals surface area contributed by atoms with Gasteiger partial charge in [-0.2, -0.15) is 0 Å². The van der Waals surface area contributed by atoms with Gasteiger partial charge < -0.3 is 25.4 Å². The van der Waals surface area contributed by atoms with Gasteiger partial charge in [-0.25, -0.2) is 9.59 Å². The number of fused-ring (bicyclic) bond motifs is 1. The molecule has 176 valence electrons. The number of aromatic amines is 1. The fourth-order valence-corrected chi connectivity index (χ4v) is 5.98. The predicted molar refractivity (Wildman–Crippen MR) is 129 cm³/mol. The molecule has 8 nitrogen and oxygen atoms in total. The van der Waals surface area contributed by atoms with E-state index in [1.165, 1.54) is 60.2 Å². The number of nitrogens with one attached hydrogen (secondary N) is 2. The molecule has 3 saturated heterocycles. The number of hydrogen-bond donors (Lipinski definition) is 4. The molecule has 8 heteroatoms. The number of carbonyl (C=O) groups is 2. The Kier molecular flexibility index (Phi) is 6.06. The zero-order valence-electron chi connectivity index (χ0n) is 18.7. The van der Waals surface area contributed by atoms with Gasteiger partial charge in [-0.05, 0) is 54.4 Å². The molecule has 3 aromatic rings. The number of hydrogen-bond acceptors (Lipinski definition) is 5. The number of aromatic nitrogens is 2. The lowest BCUT2D eigenvalue weighted by Crippen LogP contribution is -2.62. The number of carboxylic acids is 2. The molecule has 1 saturated carbocycles. The van der Waals surface area contributed by atoms with E-state index in [1.54, 1.807) is 0 Å². The third-order valence-electron chi connectivity index (χ3n) is 7.14. The maximum Gasteiger partial charge on any atom is 0.328 e. The van der Waals surface area contributed by atoms with Crippen molar-refractivity contribution in [2.45, 2.75) is 18.9 Å². The number of anilines is 1. The largest absolute Gasteiger partial charge is 0.478 e. The number of pyridine rings is 1. The number of benzene rings is 1. The molecule has 2 atom stereocenters. The van der Waals surface area contributed by atoms with Crippen molar-refractivity contribution in [1.82, 2.24) is 14.9 Å². The highest BCUT2D eigenvalue weighted by molar-refractivity contribution is 5.95. The van der Waals surface area contributed by atoms with Crippen LogP contribution in [0.1, 0.15) is 12.8 Å². The number of H-pyrrole nitrogens is 1. The first-order chi connectivity index (χ1) is 16.5. The summed E-state index contributed by atoms with van der Waals surface area (Å²) < 4.78 is 0. The van der Waals surface area contributed by atoms with Gasteiger partial charge in [0.05, 0.1) is 5.69 Å². The highest BCUT2D eigenvalue weighted by Gasteiger charge is 2.47. The summed E-state index contributed by atoms with van der Waals surface area (Å²) in [5.74, 6) is 0.0389. The highest BCUT2D eigenvalue weighted by atomic mass is 16.4. The van der Waals surface area contributed by atoms with Crippen LogP contribution in [0.3, 0.4) is 0 Å². The van der Waals surface area contributed by atoms with E-state index in [4.69, 9.17) is 10.2 Å². The molecule has 2 unspecified atom stereocenters. The number of carboxylic acid groups (broad SMARTS) is 2. The van der Waals surface area contributed by atoms with Crippen molar-refractivity contribution in [2.75, 3.05) is 25.0 Å². The summed E-state index contributed by atoms with van der Waals surface area (Å²) in [5.41, 5.74) is 4.78. The molecule has 0 radical (unpaired) electrons. The Bertz CT molecular complexity index is 1190. The van der Waals surface area contributed by atoms with Crippen molar-refractivity contribution in [1.29, 1.82) is 0 Å². The van der Waals surface area contributed by atoms with Crippen LogP contribution in [0.25, 0.3) is 22.0 Å². The van der Waals surface area contributed by atoms with Gasteiger partial charge in [0.15, 0.2) is 0 Å². The molecular weight excluding hydrogens is 432 g/mol. The van der Waals surface area contributed by atoms with Crippen molar-refractivity contribution >= 4 is 28.5 Å².